The molecule has 0 bridgehead atoms. The van der Waals surface area contributed by atoms with Crippen LogP contribution in [0.5, 0.6) is 0 Å². The van der Waals surface area contributed by atoms with Crippen molar-refractivity contribution in [2.45, 2.75) is 13.1 Å². The minimum absolute atomic E-state index is 0.0356. The maximum Gasteiger partial charge on any atom is 0.417 e. The third kappa shape index (κ3) is 3.98. The quantitative estimate of drug-likeness (QED) is 0.316. The number of alkyl halides is 3. The number of benzene rings is 3. The van der Waals surface area contributed by atoms with E-state index in [4.69, 9.17) is 0 Å². The Balaban J connectivity index is 1.79. The summed E-state index contributed by atoms with van der Waals surface area (Å²) < 4.78 is 42.6. The van der Waals surface area contributed by atoms with Gasteiger partial charge in [0.1, 0.15) is 10.4 Å². The van der Waals surface area contributed by atoms with Crippen LogP contribution in [0.25, 0.3) is 28.2 Å². The number of rotatable bonds is 3. The summed E-state index contributed by atoms with van der Waals surface area (Å²) in [7, 11) is 0. The molecular weight excluding hydrogens is 441 g/mol. The molecule has 0 saturated heterocycles. The first-order chi connectivity index (χ1) is 13.8. The van der Waals surface area contributed by atoms with Crippen molar-refractivity contribution in [2.24, 2.45) is 0 Å². The highest BCUT2D eigenvalue weighted by Gasteiger charge is 2.34. The molecule has 4 aromatic rings. The number of halogens is 4. The first kappa shape index (κ1) is 19.5. The van der Waals surface area contributed by atoms with Crippen LogP contribution in [0, 0.1) is 6.92 Å². The lowest BCUT2D eigenvalue weighted by atomic mass is 10.0. The van der Waals surface area contributed by atoms with Crippen molar-refractivity contribution in [3.05, 3.63) is 94.7 Å². The van der Waals surface area contributed by atoms with Crippen LogP contribution in [0.2, 0.25) is 0 Å². The lowest BCUT2D eigenvalue weighted by Gasteiger charge is -2.14. The third-order valence-corrected chi connectivity index (χ3v) is 5.03. The minimum Gasteiger partial charge on any atom is -0.299 e. The van der Waals surface area contributed by atoms with E-state index in [2.05, 4.69) is 27.0 Å². The lowest BCUT2D eigenvalue weighted by molar-refractivity contribution is -0.137. The molecule has 1 heterocycles. The maximum absolute atomic E-state index is 13.5. The van der Waals surface area contributed by atoms with E-state index in [9.17, 15) is 13.2 Å². The topological polar surface area (TPSA) is 17.8 Å². The maximum atomic E-state index is 13.5. The van der Waals surface area contributed by atoms with E-state index in [1.807, 2.05) is 49.4 Å². The van der Waals surface area contributed by atoms with Gasteiger partial charge in [0, 0.05) is 17.4 Å². The van der Waals surface area contributed by atoms with Crippen LogP contribution in [-0.2, 0) is 6.18 Å². The van der Waals surface area contributed by atoms with Gasteiger partial charge in [-0.15, -0.1) is 0 Å². The fourth-order valence-corrected chi connectivity index (χ4v) is 3.68. The molecule has 0 spiro atoms. The van der Waals surface area contributed by atoms with Gasteiger partial charge in [-0.05, 0) is 52.2 Å². The number of hydrogen-bond acceptors (Lipinski definition) is 1. The molecule has 0 fully saturated rings. The summed E-state index contributed by atoms with van der Waals surface area (Å²) in [5.41, 5.74) is 3.34. The summed E-state index contributed by atoms with van der Waals surface area (Å²) in [5.74, 6) is 0.230. The fraction of sp³-hybridized carbons (Fsp3) is 0.0870. The molecule has 0 atom stereocenters. The van der Waals surface area contributed by atoms with Gasteiger partial charge in [-0.25, -0.2) is 4.98 Å². The van der Waals surface area contributed by atoms with Gasteiger partial charge in [0.15, 0.2) is 0 Å². The number of aromatic nitrogens is 2. The Morgan fingerprint density at radius 3 is 2.28 bits per heavy atom. The second-order valence-corrected chi connectivity index (χ2v) is 7.53. The molecule has 0 N–H and O–H groups in total. The van der Waals surface area contributed by atoms with Crippen LogP contribution in [0.3, 0.4) is 0 Å². The monoisotopic (exact) mass is 456 g/mol. The zero-order valence-electron chi connectivity index (χ0n) is 15.4. The second-order valence-electron chi connectivity index (χ2n) is 6.72. The molecule has 0 saturated carbocycles. The Hall–Kier alpha value is -2.86. The summed E-state index contributed by atoms with van der Waals surface area (Å²) in [6.07, 6.45) is -2.79. The Bertz CT molecular complexity index is 1160. The number of imidazole rings is 1. The van der Waals surface area contributed by atoms with E-state index in [1.54, 1.807) is 16.8 Å². The van der Waals surface area contributed by atoms with Crippen LogP contribution in [0.4, 0.5) is 13.2 Å². The normalized spacial score (nSPS) is 11.6. The van der Waals surface area contributed by atoms with Gasteiger partial charge >= 0.3 is 6.18 Å². The predicted octanol–water partition coefficient (Wildman–Crippen LogP) is 7.30. The summed E-state index contributed by atoms with van der Waals surface area (Å²) in [6.45, 7) is 2.03. The van der Waals surface area contributed by atoms with Crippen LogP contribution in [0.15, 0.2) is 83.6 Å². The molecule has 3 aromatic carbocycles. The molecule has 0 unspecified atom stereocenters. The van der Waals surface area contributed by atoms with E-state index in [-0.39, 0.29) is 11.4 Å². The highest BCUT2D eigenvalue weighted by atomic mass is 79.9. The minimum atomic E-state index is -4.46. The van der Waals surface area contributed by atoms with Crippen LogP contribution in [0.1, 0.15) is 11.1 Å². The average Bonchev–Trinajstić information content (AvgIpc) is 3.09. The molecule has 4 rings (SSSR count). The van der Waals surface area contributed by atoms with E-state index >= 15 is 0 Å². The summed E-state index contributed by atoms with van der Waals surface area (Å²) in [4.78, 5) is 4.30. The lowest BCUT2D eigenvalue weighted by Crippen LogP contribution is -2.08. The Labute approximate surface area is 174 Å². The van der Waals surface area contributed by atoms with Gasteiger partial charge in [0.25, 0.3) is 0 Å². The van der Waals surface area contributed by atoms with E-state index < -0.39 is 11.7 Å². The summed E-state index contributed by atoms with van der Waals surface area (Å²) in [5, 5.41) is 0. The SMILES string of the molecule is Cc1cccc(-c2ccc(-n3cc(Br)nc3-c3ccccc3C(F)(F)F)cc2)c1. The molecule has 0 aliphatic rings. The molecular formula is C23H16BrF3N2. The highest BCUT2D eigenvalue weighted by molar-refractivity contribution is 9.10. The van der Waals surface area contributed by atoms with Crippen molar-refractivity contribution < 1.29 is 13.2 Å². The Morgan fingerprint density at radius 2 is 1.59 bits per heavy atom. The van der Waals surface area contributed by atoms with Gasteiger partial charge in [-0.2, -0.15) is 13.2 Å². The zero-order valence-corrected chi connectivity index (χ0v) is 17.0. The molecule has 6 heteroatoms. The van der Waals surface area contributed by atoms with E-state index in [0.717, 1.165) is 28.4 Å². The molecule has 146 valence electrons. The number of hydrogen-bond donors (Lipinski definition) is 0. The average molecular weight is 457 g/mol. The molecule has 29 heavy (non-hydrogen) atoms. The Kier molecular flexibility index (Phi) is 5.04. The van der Waals surface area contributed by atoms with Gasteiger partial charge in [0.05, 0.1) is 5.56 Å². The van der Waals surface area contributed by atoms with E-state index in [1.165, 1.54) is 12.1 Å². The summed E-state index contributed by atoms with van der Waals surface area (Å²) in [6, 6.07) is 21.3. The predicted molar refractivity (Wildman–Crippen MR) is 112 cm³/mol. The summed E-state index contributed by atoms with van der Waals surface area (Å²) >= 11 is 3.30. The van der Waals surface area contributed by atoms with Gasteiger partial charge in [-0.1, -0.05) is 60.2 Å². The third-order valence-electron chi connectivity index (χ3n) is 4.65. The van der Waals surface area contributed by atoms with Crippen molar-refractivity contribution in [1.29, 1.82) is 0 Å². The van der Waals surface area contributed by atoms with Crippen molar-refractivity contribution in [1.82, 2.24) is 9.55 Å². The zero-order chi connectivity index (χ0) is 20.6. The molecule has 1 aromatic heterocycles. The molecule has 0 amide bonds. The van der Waals surface area contributed by atoms with Crippen LogP contribution >= 0.6 is 15.9 Å². The Morgan fingerprint density at radius 1 is 0.862 bits per heavy atom. The van der Waals surface area contributed by atoms with Crippen molar-refractivity contribution >= 4 is 15.9 Å². The van der Waals surface area contributed by atoms with Crippen molar-refractivity contribution in [3.63, 3.8) is 0 Å². The number of nitrogens with zero attached hydrogens (tertiary/aromatic N) is 2. The van der Waals surface area contributed by atoms with E-state index in [0.29, 0.717) is 4.60 Å². The standard InChI is InChI=1S/C23H16BrF3N2/c1-15-5-4-6-17(13-15)16-9-11-18(12-10-16)29-14-21(24)28-22(29)19-7-2-3-8-20(19)23(25,26)27/h2-14H,1H3. The second kappa shape index (κ2) is 7.52. The van der Waals surface area contributed by atoms with Crippen LogP contribution in [-0.4, -0.2) is 9.55 Å². The number of aryl methyl sites for hydroxylation is 1. The van der Waals surface area contributed by atoms with Gasteiger partial charge in [-0.3, -0.25) is 4.57 Å². The van der Waals surface area contributed by atoms with Crippen molar-refractivity contribution in [2.75, 3.05) is 0 Å². The molecule has 2 nitrogen and oxygen atoms in total. The van der Waals surface area contributed by atoms with Crippen LogP contribution < -0.4 is 0 Å². The van der Waals surface area contributed by atoms with Gasteiger partial charge in [0.2, 0.25) is 0 Å². The smallest absolute Gasteiger partial charge is 0.299 e. The van der Waals surface area contributed by atoms with Gasteiger partial charge < -0.3 is 0 Å². The first-order valence-corrected chi connectivity index (χ1v) is 9.71. The van der Waals surface area contributed by atoms with Crippen molar-refractivity contribution in [3.8, 4) is 28.2 Å². The molecule has 0 radical (unpaired) electrons. The largest absolute Gasteiger partial charge is 0.417 e. The molecule has 0 aliphatic heterocycles. The highest BCUT2D eigenvalue weighted by Crippen LogP contribution is 2.38. The first-order valence-electron chi connectivity index (χ1n) is 8.92. The fourth-order valence-electron chi connectivity index (χ4n) is 3.30. The molecule has 0 aliphatic carbocycles.